The minimum atomic E-state index is -0.752. The third-order valence-electron chi connectivity index (χ3n) is 6.58. The SMILES string of the molecule is FCCCC=C[C@H]1CC[C@H]([C@H]2CC[C@H](c3ccc(F)c(F)c3)CC2)CC1. The van der Waals surface area contributed by atoms with Crippen LogP contribution in [0.1, 0.15) is 75.7 Å². The summed E-state index contributed by atoms with van der Waals surface area (Å²) in [7, 11) is 0. The van der Waals surface area contributed by atoms with E-state index in [0.29, 0.717) is 18.3 Å². The summed E-state index contributed by atoms with van der Waals surface area (Å²) in [6.45, 7) is -0.218. The van der Waals surface area contributed by atoms with Crippen LogP contribution in [0.3, 0.4) is 0 Å². The molecule has 0 nitrogen and oxygen atoms in total. The van der Waals surface area contributed by atoms with E-state index in [1.54, 1.807) is 6.07 Å². The third-order valence-corrected chi connectivity index (χ3v) is 6.58. The molecule has 26 heavy (non-hydrogen) atoms. The van der Waals surface area contributed by atoms with Gasteiger partial charge in [0.25, 0.3) is 0 Å². The van der Waals surface area contributed by atoms with Crippen LogP contribution in [0.5, 0.6) is 0 Å². The predicted molar refractivity (Wildman–Crippen MR) is 101 cm³/mol. The van der Waals surface area contributed by atoms with E-state index < -0.39 is 11.6 Å². The molecule has 0 unspecified atom stereocenters. The molecule has 0 saturated heterocycles. The molecule has 3 rings (SSSR count). The van der Waals surface area contributed by atoms with Gasteiger partial charge in [0.2, 0.25) is 0 Å². The van der Waals surface area contributed by atoms with Crippen molar-refractivity contribution in [2.24, 2.45) is 17.8 Å². The van der Waals surface area contributed by atoms with E-state index in [1.165, 1.54) is 50.7 Å². The Morgan fingerprint density at radius 3 is 2.12 bits per heavy atom. The Kier molecular flexibility index (Phi) is 7.22. The second-order valence-electron chi connectivity index (χ2n) is 8.22. The smallest absolute Gasteiger partial charge is 0.159 e. The fraction of sp³-hybridized carbons (Fsp3) is 0.652. The number of alkyl halides is 1. The van der Waals surface area contributed by atoms with Crippen molar-refractivity contribution >= 4 is 0 Å². The topological polar surface area (TPSA) is 0 Å². The molecule has 0 aromatic heterocycles. The van der Waals surface area contributed by atoms with E-state index in [-0.39, 0.29) is 6.67 Å². The van der Waals surface area contributed by atoms with Gasteiger partial charge >= 0.3 is 0 Å². The first-order valence-corrected chi connectivity index (χ1v) is 10.3. The molecule has 0 heterocycles. The predicted octanol–water partition coefficient (Wildman–Crippen LogP) is 7.35. The standard InChI is InChI=1S/C23H31F3/c24-15-3-1-2-4-17-5-7-18(8-6-17)19-9-11-20(12-10-19)21-13-14-22(25)23(26)16-21/h2,4,13-14,16-20H,1,3,5-12,15H2/t17-,18-,19-,20-. The molecule has 2 saturated carbocycles. The largest absolute Gasteiger partial charge is 0.251 e. The maximum absolute atomic E-state index is 13.5. The number of benzene rings is 1. The molecule has 0 aliphatic heterocycles. The van der Waals surface area contributed by atoms with Gasteiger partial charge in [-0.05, 0) is 106 Å². The summed E-state index contributed by atoms with van der Waals surface area (Å²) in [5.74, 6) is 1.23. The lowest BCUT2D eigenvalue weighted by molar-refractivity contribution is 0.171. The quantitative estimate of drug-likeness (QED) is 0.365. The second-order valence-corrected chi connectivity index (χ2v) is 8.22. The number of hydrogen-bond donors (Lipinski definition) is 0. The molecule has 2 fully saturated rings. The number of hydrogen-bond acceptors (Lipinski definition) is 0. The molecule has 1 aromatic carbocycles. The maximum Gasteiger partial charge on any atom is 0.159 e. The Morgan fingerprint density at radius 1 is 0.846 bits per heavy atom. The van der Waals surface area contributed by atoms with Crippen LogP contribution in [0.25, 0.3) is 0 Å². The molecule has 144 valence electrons. The van der Waals surface area contributed by atoms with Crippen molar-refractivity contribution in [3.63, 3.8) is 0 Å². The molecular weight excluding hydrogens is 333 g/mol. The molecule has 0 bridgehead atoms. The van der Waals surface area contributed by atoms with Crippen LogP contribution < -0.4 is 0 Å². The Hall–Kier alpha value is -1.25. The molecule has 2 aliphatic rings. The average molecular weight is 364 g/mol. The highest BCUT2D eigenvalue weighted by Gasteiger charge is 2.30. The zero-order valence-corrected chi connectivity index (χ0v) is 15.6. The van der Waals surface area contributed by atoms with E-state index in [1.807, 2.05) is 0 Å². The van der Waals surface area contributed by atoms with Crippen LogP contribution in [-0.4, -0.2) is 6.67 Å². The van der Waals surface area contributed by atoms with Crippen LogP contribution in [0.2, 0.25) is 0 Å². The number of rotatable bonds is 6. The summed E-state index contributed by atoms with van der Waals surface area (Å²) >= 11 is 0. The summed E-state index contributed by atoms with van der Waals surface area (Å²) in [5.41, 5.74) is 0.962. The van der Waals surface area contributed by atoms with Crippen molar-refractivity contribution in [2.75, 3.05) is 6.67 Å². The number of allylic oxidation sites excluding steroid dienone is 2. The summed E-state index contributed by atoms with van der Waals surface area (Å²) in [4.78, 5) is 0. The van der Waals surface area contributed by atoms with Gasteiger partial charge in [-0.1, -0.05) is 18.2 Å². The van der Waals surface area contributed by atoms with Gasteiger partial charge < -0.3 is 0 Å². The van der Waals surface area contributed by atoms with Gasteiger partial charge in [-0.15, -0.1) is 0 Å². The van der Waals surface area contributed by atoms with Crippen molar-refractivity contribution in [2.45, 2.75) is 70.1 Å². The van der Waals surface area contributed by atoms with Crippen LogP contribution in [0, 0.1) is 29.4 Å². The van der Waals surface area contributed by atoms with Gasteiger partial charge in [0, 0.05) is 0 Å². The van der Waals surface area contributed by atoms with Gasteiger partial charge in [-0.3, -0.25) is 4.39 Å². The molecule has 0 radical (unpaired) electrons. The fourth-order valence-electron chi connectivity index (χ4n) is 4.98. The molecule has 0 atom stereocenters. The first-order valence-electron chi connectivity index (χ1n) is 10.3. The summed E-state index contributed by atoms with van der Waals surface area (Å²) < 4.78 is 38.7. The maximum atomic E-state index is 13.5. The van der Waals surface area contributed by atoms with Crippen molar-refractivity contribution in [1.29, 1.82) is 0 Å². The van der Waals surface area contributed by atoms with Crippen molar-refractivity contribution in [1.82, 2.24) is 0 Å². The highest BCUT2D eigenvalue weighted by molar-refractivity contribution is 5.22. The molecule has 0 N–H and O–H groups in total. The highest BCUT2D eigenvalue weighted by atomic mass is 19.2. The Balaban J connectivity index is 1.43. The lowest BCUT2D eigenvalue weighted by atomic mass is 9.68. The van der Waals surface area contributed by atoms with Gasteiger partial charge in [0.1, 0.15) is 0 Å². The molecule has 2 aliphatic carbocycles. The van der Waals surface area contributed by atoms with Crippen molar-refractivity contribution < 1.29 is 13.2 Å². The van der Waals surface area contributed by atoms with Gasteiger partial charge in [-0.25, -0.2) is 8.78 Å². The summed E-state index contributed by atoms with van der Waals surface area (Å²) in [5, 5.41) is 0. The van der Waals surface area contributed by atoms with E-state index in [9.17, 15) is 13.2 Å². The van der Waals surface area contributed by atoms with Gasteiger partial charge in [0.15, 0.2) is 11.6 Å². The first kappa shape index (κ1) is 19.5. The van der Waals surface area contributed by atoms with Gasteiger partial charge in [0.05, 0.1) is 6.67 Å². The van der Waals surface area contributed by atoms with Crippen LogP contribution in [0.15, 0.2) is 30.4 Å². The molecular formula is C23H31F3. The number of halogens is 3. The Labute approximate surface area is 155 Å². The molecule has 0 amide bonds. The monoisotopic (exact) mass is 364 g/mol. The highest BCUT2D eigenvalue weighted by Crippen LogP contribution is 2.44. The van der Waals surface area contributed by atoms with E-state index in [4.69, 9.17) is 0 Å². The van der Waals surface area contributed by atoms with Gasteiger partial charge in [-0.2, -0.15) is 0 Å². The lowest BCUT2D eigenvalue weighted by Gasteiger charge is -2.37. The van der Waals surface area contributed by atoms with Crippen molar-refractivity contribution in [3.8, 4) is 0 Å². The average Bonchev–Trinajstić information content (AvgIpc) is 2.68. The molecule has 0 spiro atoms. The Morgan fingerprint density at radius 2 is 1.50 bits per heavy atom. The normalized spacial score (nSPS) is 30.0. The summed E-state index contributed by atoms with van der Waals surface area (Å²) in [6.07, 6.45) is 15.7. The molecule has 1 aromatic rings. The Bertz CT molecular complexity index is 579. The lowest BCUT2D eigenvalue weighted by Crippen LogP contribution is -2.25. The second kappa shape index (κ2) is 9.62. The number of unbranched alkanes of at least 4 members (excludes halogenated alkanes) is 1. The summed E-state index contributed by atoms with van der Waals surface area (Å²) in [6, 6.07) is 4.41. The zero-order chi connectivity index (χ0) is 18.4. The zero-order valence-electron chi connectivity index (χ0n) is 15.6. The van der Waals surface area contributed by atoms with Crippen LogP contribution in [0.4, 0.5) is 13.2 Å². The van der Waals surface area contributed by atoms with Crippen LogP contribution >= 0.6 is 0 Å². The van der Waals surface area contributed by atoms with E-state index in [0.717, 1.165) is 36.7 Å². The minimum Gasteiger partial charge on any atom is -0.251 e. The fourth-order valence-corrected chi connectivity index (χ4v) is 4.98. The van der Waals surface area contributed by atoms with Crippen molar-refractivity contribution in [3.05, 3.63) is 47.5 Å². The minimum absolute atomic E-state index is 0.218. The molecule has 3 heteroatoms. The van der Waals surface area contributed by atoms with E-state index in [2.05, 4.69) is 12.2 Å². The first-order chi connectivity index (χ1) is 12.7. The van der Waals surface area contributed by atoms with Crippen LogP contribution in [-0.2, 0) is 0 Å². The third kappa shape index (κ3) is 5.14. The van der Waals surface area contributed by atoms with E-state index >= 15 is 0 Å².